The fourth-order valence-corrected chi connectivity index (χ4v) is 11.9. The lowest BCUT2D eigenvalue weighted by atomic mass is 9.85. The number of carboxylic acids is 2. The molecule has 10 rings (SSSR count). The van der Waals surface area contributed by atoms with Crippen molar-refractivity contribution >= 4 is 92.7 Å². The highest BCUT2D eigenvalue weighted by atomic mass is 32.2. The van der Waals surface area contributed by atoms with E-state index >= 15 is 0 Å². The molecule has 0 radical (unpaired) electrons. The first kappa shape index (κ1) is 51.0. The molecule has 2 aromatic heterocycles. The summed E-state index contributed by atoms with van der Waals surface area (Å²) in [5, 5.41) is 18.4. The number of benzene rings is 4. The monoisotopic (exact) mass is 1020 g/mol. The van der Waals surface area contributed by atoms with Crippen LogP contribution in [0.5, 0.6) is 0 Å². The molecule has 0 bridgehead atoms. The van der Waals surface area contributed by atoms with Crippen molar-refractivity contribution in [2.45, 2.75) is 76.3 Å². The number of thioether (sulfide) groups is 2. The lowest BCUT2D eigenvalue weighted by Crippen LogP contribution is -2.42. The van der Waals surface area contributed by atoms with Crippen molar-refractivity contribution in [2.75, 3.05) is 5.75 Å². The van der Waals surface area contributed by atoms with Crippen LogP contribution in [0.25, 0.3) is 28.7 Å². The average molecular weight is 1030 g/mol. The van der Waals surface area contributed by atoms with Crippen LogP contribution in [0.4, 0.5) is 0 Å². The molecule has 4 atom stereocenters. The number of amides is 2. The van der Waals surface area contributed by atoms with Gasteiger partial charge < -0.3 is 19.0 Å². The van der Waals surface area contributed by atoms with Gasteiger partial charge in [-0.2, -0.15) is 0 Å². The highest BCUT2D eigenvalue weighted by molar-refractivity contribution is 8.26. The fraction of sp³-hybridized carbons (Fsp3) is 0.268. The summed E-state index contributed by atoms with van der Waals surface area (Å²) in [6.07, 6.45) is 9.87. The predicted molar refractivity (Wildman–Crippen MR) is 286 cm³/mol. The molecule has 0 spiro atoms. The van der Waals surface area contributed by atoms with E-state index < -0.39 is 17.9 Å². The number of rotatable bonds is 12. The number of furan rings is 2. The lowest BCUT2D eigenvalue weighted by molar-refractivity contribution is -0.144. The number of thiocarbonyl (C=S) groups is 2. The van der Waals surface area contributed by atoms with E-state index in [9.17, 15) is 29.1 Å². The summed E-state index contributed by atoms with van der Waals surface area (Å²) in [5.41, 5.74) is 6.99. The Morgan fingerprint density at radius 3 is 1.51 bits per heavy atom. The minimum atomic E-state index is -0.799. The summed E-state index contributed by atoms with van der Waals surface area (Å²) in [5.74, 6) is 0.371. The molecule has 2 amide bonds. The van der Waals surface area contributed by atoms with Crippen LogP contribution in [0.3, 0.4) is 0 Å². The molecule has 2 N–H and O–H groups in total. The molecule has 71 heavy (non-hydrogen) atoms. The van der Waals surface area contributed by atoms with Crippen LogP contribution in [0.15, 0.2) is 147 Å². The van der Waals surface area contributed by atoms with Gasteiger partial charge in [-0.15, -0.1) is 0 Å². The van der Waals surface area contributed by atoms with E-state index in [2.05, 4.69) is 48.5 Å². The topological polar surface area (TPSA) is 159 Å². The third kappa shape index (κ3) is 13.3. The molecule has 4 aromatic carbocycles. The van der Waals surface area contributed by atoms with E-state index in [0.717, 1.165) is 61.2 Å². The van der Waals surface area contributed by atoms with E-state index in [1.165, 1.54) is 45.8 Å². The normalized spacial score (nSPS) is 20.5. The van der Waals surface area contributed by atoms with E-state index in [1.807, 2.05) is 78.9 Å². The van der Waals surface area contributed by atoms with Crippen molar-refractivity contribution in [1.29, 1.82) is 0 Å². The van der Waals surface area contributed by atoms with Gasteiger partial charge in [-0.25, -0.2) is 0 Å². The molecule has 15 heteroatoms. The Hall–Kier alpha value is -6.39. The molecule has 2 aliphatic carbocycles. The van der Waals surface area contributed by atoms with Crippen molar-refractivity contribution in [2.24, 2.45) is 11.8 Å². The molecular weight excluding hydrogens is 973 g/mol. The first-order valence-corrected chi connectivity index (χ1v) is 26.2. The first-order valence-electron chi connectivity index (χ1n) is 23.5. The number of aliphatic carboxylic acids is 2. The van der Waals surface area contributed by atoms with Crippen molar-refractivity contribution in [3.63, 3.8) is 0 Å². The van der Waals surface area contributed by atoms with Gasteiger partial charge in [0.1, 0.15) is 25.9 Å². The zero-order valence-electron chi connectivity index (χ0n) is 38.7. The van der Waals surface area contributed by atoms with Crippen molar-refractivity contribution in [3.05, 3.63) is 172 Å². The number of carbonyl (C=O) groups is 5. The standard InChI is InChI=1S/C28H25NO4S2.C18H14O2.C10H13NO3S2/c30-26-25(35-28(34)29(26)22-8-4-7-21(16-22)27(31)32)17-23-13-14-24(33-23)20-11-9-19(10-12-20)15-18-5-2-1-3-6-18;19-13-17-10-11-18(20-17)16-8-6-15(7-9-16)12-14-4-2-1-3-5-14;12-8-5-16-10(15)11(8)7-3-1-2-6(4-7)9(13)14/h1-3,5-6,9-14,17,21-22H,4,7-8,15-16H2,(H,31,32);1-11,13H,12H2;6-7H,1-5H2,(H,13,14). The quantitative estimate of drug-likeness (QED) is 0.0678. The second-order valence-electron chi connectivity index (χ2n) is 17.8. The summed E-state index contributed by atoms with van der Waals surface area (Å²) < 4.78 is 12.5. The van der Waals surface area contributed by atoms with Crippen LogP contribution >= 0.6 is 48.0 Å². The molecule has 4 aliphatic rings. The Morgan fingerprint density at radius 1 is 0.592 bits per heavy atom. The largest absolute Gasteiger partial charge is 0.481 e. The van der Waals surface area contributed by atoms with E-state index in [0.29, 0.717) is 62.8 Å². The maximum atomic E-state index is 13.1. The maximum Gasteiger partial charge on any atom is 0.306 e. The average Bonchev–Trinajstić information content (AvgIpc) is 4.20. The Kier molecular flexibility index (Phi) is 17.3. The molecule has 6 aromatic rings. The third-order valence-corrected chi connectivity index (χ3v) is 15.7. The summed E-state index contributed by atoms with van der Waals surface area (Å²) in [4.78, 5) is 61.5. The second-order valence-corrected chi connectivity index (χ2v) is 21.1. The molecule has 4 heterocycles. The van der Waals surface area contributed by atoms with Crippen LogP contribution < -0.4 is 0 Å². The number of carboxylic acid groups (broad SMARTS) is 2. The zero-order chi connectivity index (χ0) is 49.9. The zero-order valence-corrected chi connectivity index (χ0v) is 42.0. The highest BCUT2D eigenvalue weighted by Crippen LogP contribution is 2.39. The summed E-state index contributed by atoms with van der Waals surface area (Å²) in [6, 6.07) is 44.3. The molecule has 2 saturated heterocycles. The van der Waals surface area contributed by atoms with Gasteiger partial charge in [0.25, 0.3) is 5.91 Å². The number of hydrogen-bond acceptors (Lipinski definition) is 11. The van der Waals surface area contributed by atoms with Gasteiger partial charge in [-0.05, 0) is 97.9 Å². The minimum Gasteiger partial charge on any atom is -0.481 e. The van der Waals surface area contributed by atoms with Crippen LogP contribution in [0.1, 0.15) is 89.9 Å². The molecule has 4 unspecified atom stereocenters. The fourth-order valence-electron chi connectivity index (χ4n) is 9.28. The Morgan fingerprint density at radius 2 is 1.06 bits per heavy atom. The van der Waals surface area contributed by atoms with Gasteiger partial charge in [0.15, 0.2) is 12.0 Å². The van der Waals surface area contributed by atoms with E-state index in [-0.39, 0.29) is 29.8 Å². The predicted octanol–water partition coefficient (Wildman–Crippen LogP) is 12.2. The van der Waals surface area contributed by atoms with E-state index in [4.69, 9.17) is 38.4 Å². The second kappa shape index (κ2) is 24.2. The van der Waals surface area contributed by atoms with Gasteiger partial charge in [0.05, 0.1) is 22.5 Å². The molecule has 4 fully saturated rings. The van der Waals surface area contributed by atoms with Gasteiger partial charge in [0.2, 0.25) is 5.91 Å². The molecule has 364 valence electrons. The molecular formula is C56H52N2O9S4. The Bertz CT molecular complexity index is 2880. The van der Waals surface area contributed by atoms with Crippen LogP contribution in [-0.4, -0.2) is 76.5 Å². The maximum absolute atomic E-state index is 13.1. The summed E-state index contributed by atoms with van der Waals surface area (Å²) in [6.45, 7) is 0. The van der Waals surface area contributed by atoms with E-state index in [1.54, 1.807) is 21.9 Å². The SMILES string of the molecule is O=C(O)C1CCCC(N2C(=O)C(=Cc3ccc(-c4ccc(Cc5ccccc5)cc4)o3)SC2=S)C1.O=C(O)C1CCCC(N2C(=O)CSC2=S)C1.O=Cc1ccc(-c2ccc(Cc3ccccc3)cc2)o1. The van der Waals surface area contributed by atoms with Gasteiger partial charge in [0, 0.05) is 29.3 Å². The smallest absolute Gasteiger partial charge is 0.306 e. The van der Waals surface area contributed by atoms with Crippen molar-refractivity contribution in [1.82, 2.24) is 9.80 Å². The number of aldehydes is 1. The van der Waals surface area contributed by atoms with Crippen LogP contribution in [0.2, 0.25) is 0 Å². The first-order chi connectivity index (χ1) is 34.4. The molecule has 2 saturated carbocycles. The summed E-state index contributed by atoms with van der Waals surface area (Å²) in [7, 11) is 0. The van der Waals surface area contributed by atoms with Gasteiger partial charge in [-0.1, -0.05) is 170 Å². The molecule has 11 nitrogen and oxygen atoms in total. The number of hydrogen-bond donors (Lipinski definition) is 2. The van der Waals surface area contributed by atoms with Crippen LogP contribution in [0, 0.1) is 11.8 Å². The Labute approximate surface area is 431 Å². The van der Waals surface area contributed by atoms with Crippen molar-refractivity contribution in [3.8, 4) is 22.6 Å². The Balaban J connectivity index is 0.000000158. The molecule has 2 aliphatic heterocycles. The minimum absolute atomic E-state index is 0.00449. The van der Waals surface area contributed by atoms with Crippen LogP contribution in [-0.2, 0) is 32.0 Å². The number of carbonyl (C=O) groups excluding carboxylic acids is 3. The third-order valence-electron chi connectivity index (χ3n) is 13.0. The number of nitrogens with zero attached hydrogens (tertiary/aromatic N) is 2. The van der Waals surface area contributed by atoms with Crippen molar-refractivity contribution < 1.29 is 43.0 Å². The summed E-state index contributed by atoms with van der Waals surface area (Å²) >= 11 is 13.2. The van der Waals surface area contributed by atoms with Gasteiger partial charge >= 0.3 is 11.9 Å². The highest BCUT2D eigenvalue weighted by Gasteiger charge is 2.41. The lowest BCUT2D eigenvalue weighted by Gasteiger charge is -2.33. The van der Waals surface area contributed by atoms with Gasteiger partial charge in [-0.3, -0.25) is 33.8 Å².